The van der Waals surface area contributed by atoms with Crippen molar-refractivity contribution in [1.82, 2.24) is 4.90 Å². The van der Waals surface area contributed by atoms with Crippen LogP contribution in [0.25, 0.3) is 0 Å². The van der Waals surface area contributed by atoms with Gasteiger partial charge in [0, 0.05) is 18.5 Å². The highest BCUT2D eigenvalue weighted by Crippen LogP contribution is 2.27. The van der Waals surface area contributed by atoms with Crippen LogP contribution in [0.15, 0.2) is 17.5 Å². The van der Waals surface area contributed by atoms with Gasteiger partial charge in [-0.05, 0) is 24.8 Å². The van der Waals surface area contributed by atoms with Crippen molar-refractivity contribution < 1.29 is 9.53 Å². The summed E-state index contributed by atoms with van der Waals surface area (Å²) in [6.07, 6.45) is 0.604. The minimum absolute atomic E-state index is 0.0316. The number of ether oxygens (including phenoxy) is 1. The molecule has 1 aliphatic rings. The van der Waals surface area contributed by atoms with E-state index < -0.39 is 5.54 Å². The van der Waals surface area contributed by atoms with Crippen LogP contribution in [0, 0.1) is 0 Å². The molecule has 1 aliphatic heterocycles. The molecule has 2 N–H and O–H groups in total. The molecule has 0 spiro atoms. The van der Waals surface area contributed by atoms with E-state index >= 15 is 0 Å². The number of rotatable bonds is 3. The van der Waals surface area contributed by atoms with Crippen molar-refractivity contribution in [1.29, 1.82) is 0 Å². The van der Waals surface area contributed by atoms with Gasteiger partial charge >= 0.3 is 0 Å². The maximum atomic E-state index is 12.3. The van der Waals surface area contributed by atoms with Gasteiger partial charge in [0.15, 0.2) is 0 Å². The zero-order chi connectivity index (χ0) is 12.5. The SMILES string of the molecule is CC(c1cccs1)N(C)C(=O)C1(N)CCOC1. The van der Waals surface area contributed by atoms with E-state index in [0.29, 0.717) is 19.6 Å². The standard InChI is InChI=1S/C12H18N2O2S/c1-9(10-4-3-7-17-10)14(2)11(15)12(13)5-6-16-8-12/h3-4,7,9H,5-6,8,13H2,1-2H3. The Morgan fingerprint density at radius 3 is 3.00 bits per heavy atom. The molecule has 2 heterocycles. The Bertz CT molecular complexity index is 385. The van der Waals surface area contributed by atoms with Gasteiger partial charge in [-0.2, -0.15) is 0 Å². The van der Waals surface area contributed by atoms with Crippen molar-refractivity contribution in [3.8, 4) is 0 Å². The highest BCUT2D eigenvalue weighted by molar-refractivity contribution is 7.10. The molecular formula is C12H18N2O2S. The number of carbonyl (C=O) groups excluding carboxylic acids is 1. The van der Waals surface area contributed by atoms with Crippen molar-refractivity contribution in [3.63, 3.8) is 0 Å². The molecule has 2 rings (SSSR count). The Labute approximate surface area is 105 Å². The predicted molar refractivity (Wildman–Crippen MR) is 67.9 cm³/mol. The average Bonchev–Trinajstić information content (AvgIpc) is 2.97. The first-order valence-corrected chi connectivity index (χ1v) is 6.60. The van der Waals surface area contributed by atoms with Crippen LogP contribution in [-0.2, 0) is 9.53 Å². The van der Waals surface area contributed by atoms with E-state index in [9.17, 15) is 4.79 Å². The van der Waals surface area contributed by atoms with Crippen LogP contribution in [0.1, 0.15) is 24.3 Å². The van der Waals surface area contributed by atoms with E-state index in [2.05, 4.69) is 0 Å². The molecule has 0 saturated carbocycles. The van der Waals surface area contributed by atoms with Gasteiger partial charge in [-0.25, -0.2) is 0 Å². The third-order valence-corrected chi connectivity index (χ3v) is 4.38. The van der Waals surface area contributed by atoms with Crippen LogP contribution in [0.4, 0.5) is 0 Å². The summed E-state index contributed by atoms with van der Waals surface area (Å²) in [6, 6.07) is 4.09. The molecule has 4 nitrogen and oxygen atoms in total. The van der Waals surface area contributed by atoms with E-state index in [-0.39, 0.29) is 11.9 Å². The third kappa shape index (κ3) is 2.36. The summed E-state index contributed by atoms with van der Waals surface area (Å²) in [6.45, 7) is 2.92. The number of likely N-dealkylation sites (N-methyl/N-ethyl adjacent to an activating group) is 1. The third-order valence-electron chi connectivity index (χ3n) is 3.33. The van der Waals surface area contributed by atoms with Crippen LogP contribution < -0.4 is 5.73 Å². The van der Waals surface area contributed by atoms with Crippen molar-refractivity contribution in [2.75, 3.05) is 20.3 Å². The monoisotopic (exact) mass is 254 g/mol. The zero-order valence-corrected chi connectivity index (χ0v) is 11.0. The lowest BCUT2D eigenvalue weighted by Crippen LogP contribution is -2.55. The Kier molecular flexibility index (Phi) is 3.51. The lowest BCUT2D eigenvalue weighted by Gasteiger charge is -2.31. The van der Waals surface area contributed by atoms with Gasteiger partial charge in [0.25, 0.3) is 0 Å². The topological polar surface area (TPSA) is 55.6 Å². The van der Waals surface area contributed by atoms with Crippen LogP contribution in [-0.4, -0.2) is 36.6 Å². The highest BCUT2D eigenvalue weighted by Gasteiger charge is 2.41. The fourth-order valence-electron chi connectivity index (χ4n) is 2.00. The van der Waals surface area contributed by atoms with Gasteiger partial charge in [0.1, 0.15) is 5.54 Å². The molecule has 0 aromatic carbocycles. The molecule has 0 radical (unpaired) electrons. The van der Waals surface area contributed by atoms with Gasteiger partial charge in [0.05, 0.1) is 12.6 Å². The molecule has 0 bridgehead atoms. The van der Waals surface area contributed by atoms with Crippen LogP contribution in [0.5, 0.6) is 0 Å². The van der Waals surface area contributed by atoms with Crippen molar-refractivity contribution in [2.45, 2.75) is 24.9 Å². The van der Waals surface area contributed by atoms with E-state index in [4.69, 9.17) is 10.5 Å². The minimum atomic E-state index is -0.833. The number of hydrogen-bond donors (Lipinski definition) is 1. The van der Waals surface area contributed by atoms with E-state index in [1.54, 1.807) is 23.3 Å². The smallest absolute Gasteiger partial charge is 0.245 e. The Morgan fingerprint density at radius 2 is 2.47 bits per heavy atom. The largest absolute Gasteiger partial charge is 0.379 e. The summed E-state index contributed by atoms with van der Waals surface area (Å²) < 4.78 is 5.23. The lowest BCUT2D eigenvalue weighted by atomic mass is 9.97. The quantitative estimate of drug-likeness (QED) is 0.886. The second kappa shape index (κ2) is 4.76. The van der Waals surface area contributed by atoms with E-state index in [1.165, 1.54) is 4.88 Å². The second-order valence-corrected chi connectivity index (χ2v) is 5.55. The first-order chi connectivity index (χ1) is 8.04. The summed E-state index contributed by atoms with van der Waals surface area (Å²) >= 11 is 1.65. The van der Waals surface area contributed by atoms with Gasteiger partial charge in [-0.15, -0.1) is 11.3 Å². The number of nitrogens with two attached hydrogens (primary N) is 1. The molecule has 17 heavy (non-hydrogen) atoms. The second-order valence-electron chi connectivity index (χ2n) is 4.57. The normalized spacial score (nSPS) is 25.8. The molecule has 2 unspecified atom stereocenters. The van der Waals surface area contributed by atoms with Crippen molar-refractivity contribution in [2.24, 2.45) is 5.73 Å². The minimum Gasteiger partial charge on any atom is -0.379 e. The van der Waals surface area contributed by atoms with Gasteiger partial charge in [-0.3, -0.25) is 4.79 Å². The van der Waals surface area contributed by atoms with Crippen molar-refractivity contribution >= 4 is 17.2 Å². The lowest BCUT2D eigenvalue weighted by molar-refractivity contribution is -0.137. The molecule has 2 atom stereocenters. The van der Waals surface area contributed by atoms with E-state index in [1.807, 2.05) is 24.4 Å². The summed E-state index contributed by atoms with van der Waals surface area (Å²) in [4.78, 5) is 15.2. The summed E-state index contributed by atoms with van der Waals surface area (Å²) in [5.41, 5.74) is 5.25. The summed E-state index contributed by atoms with van der Waals surface area (Å²) in [5, 5.41) is 2.01. The Morgan fingerprint density at radius 1 is 1.71 bits per heavy atom. The first kappa shape index (κ1) is 12.5. The maximum Gasteiger partial charge on any atom is 0.245 e. The summed E-state index contributed by atoms with van der Waals surface area (Å²) in [5.74, 6) is -0.0316. The fraction of sp³-hybridized carbons (Fsp3) is 0.583. The number of thiophene rings is 1. The molecule has 94 valence electrons. The zero-order valence-electron chi connectivity index (χ0n) is 10.2. The number of nitrogens with zero attached hydrogens (tertiary/aromatic N) is 1. The van der Waals surface area contributed by atoms with Gasteiger partial charge in [-0.1, -0.05) is 6.07 Å². The molecule has 1 saturated heterocycles. The fourth-order valence-corrected chi connectivity index (χ4v) is 2.82. The number of hydrogen-bond acceptors (Lipinski definition) is 4. The molecule has 1 fully saturated rings. The maximum absolute atomic E-state index is 12.3. The molecule has 1 amide bonds. The molecular weight excluding hydrogens is 236 g/mol. The van der Waals surface area contributed by atoms with Gasteiger partial charge < -0.3 is 15.4 Å². The number of carbonyl (C=O) groups is 1. The molecule has 1 aromatic heterocycles. The first-order valence-electron chi connectivity index (χ1n) is 5.72. The van der Waals surface area contributed by atoms with Crippen LogP contribution in [0.3, 0.4) is 0 Å². The Balaban J connectivity index is 2.09. The van der Waals surface area contributed by atoms with Crippen molar-refractivity contribution in [3.05, 3.63) is 22.4 Å². The number of amides is 1. The molecule has 5 heteroatoms. The predicted octanol–water partition coefficient (Wildman–Crippen LogP) is 1.39. The average molecular weight is 254 g/mol. The summed E-state index contributed by atoms with van der Waals surface area (Å²) in [7, 11) is 1.81. The molecule has 1 aromatic rings. The van der Waals surface area contributed by atoms with Crippen LogP contribution in [0.2, 0.25) is 0 Å². The van der Waals surface area contributed by atoms with E-state index in [0.717, 1.165) is 0 Å². The Hall–Kier alpha value is -0.910. The highest BCUT2D eigenvalue weighted by atomic mass is 32.1. The molecule has 0 aliphatic carbocycles. The van der Waals surface area contributed by atoms with Gasteiger partial charge in [0.2, 0.25) is 5.91 Å². The van der Waals surface area contributed by atoms with Crippen LogP contribution >= 0.6 is 11.3 Å².